The van der Waals surface area contributed by atoms with E-state index in [1.54, 1.807) is 12.1 Å². The number of aromatic nitrogens is 1. The van der Waals surface area contributed by atoms with Crippen LogP contribution in [0.4, 0.5) is 8.78 Å². The van der Waals surface area contributed by atoms with Crippen LogP contribution in [0.25, 0.3) is 0 Å². The Morgan fingerprint density at radius 1 is 1.43 bits per heavy atom. The number of nitrogens with zero attached hydrogens (tertiary/aromatic N) is 1. The van der Waals surface area contributed by atoms with Crippen LogP contribution in [0.2, 0.25) is 0 Å². The van der Waals surface area contributed by atoms with E-state index in [0.29, 0.717) is 23.6 Å². The van der Waals surface area contributed by atoms with Gasteiger partial charge in [0.1, 0.15) is 0 Å². The zero-order valence-electron chi connectivity index (χ0n) is 12.4. The minimum atomic E-state index is -2.87. The molecule has 1 amide bonds. The van der Waals surface area contributed by atoms with Gasteiger partial charge >= 0.3 is 6.61 Å². The average molecular weight is 318 g/mol. The molecule has 0 saturated carbocycles. The van der Waals surface area contributed by atoms with Crippen LogP contribution in [0.3, 0.4) is 0 Å². The first-order valence-corrected chi connectivity index (χ1v) is 7.71. The van der Waals surface area contributed by atoms with E-state index in [2.05, 4.69) is 15.0 Å². The van der Waals surface area contributed by atoms with Gasteiger partial charge in [-0.3, -0.25) is 4.79 Å². The molecule has 1 rings (SSSR count). The van der Waals surface area contributed by atoms with Crippen LogP contribution in [0, 0.1) is 0 Å². The smallest absolute Gasteiger partial charge is 0.388 e. The third-order valence-electron chi connectivity index (χ3n) is 2.23. The molecule has 0 spiro atoms. The summed E-state index contributed by atoms with van der Waals surface area (Å²) in [5, 5.41) is 2.88. The van der Waals surface area contributed by atoms with E-state index in [0.717, 1.165) is 0 Å². The third-order valence-corrected chi connectivity index (χ3v) is 3.22. The van der Waals surface area contributed by atoms with Crippen molar-refractivity contribution in [3.8, 4) is 5.88 Å². The average Bonchev–Trinajstić information content (AvgIpc) is 2.32. The molecular weight excluding hydrogens is 298 g/mol. The zero-order chi connectivity index (χ0) is 15.9. The van der Waals surface area contributed by atoms with Crippen molar-refractivity contribution in [3.63, 3.8) is 0 Å². The number of nitrogens with one attached hydrogen (secondary N) is 1. The SMILES string of the molecule is CC(C)(C)NC(=O)CCSCc1cccc(OC(F)F)n1. The summed E-state index contributed by atoms with van der Waals surface area (Å²) in [6.45, 7) is 2.91. The summed E-state index contributed by atoms with van der Waals surface area (Å²) in [6, 6.07) is 4.74. The standard InChI is InChI=1S/C14H20F2N2O2S/c1-14(2,3)18-11(19)7-8-21-9-10-5-4-6-12(17-10)20-13(15)16/h4-6,13H,7-9H2,1-3H3,(H,18,19). The second-order valence-corrected chi connectivity index (χ2v) is 6.55. The second kappa shape index (κ2) is 8.17. The Hall–Kier alpha value is -1.37. The quantitative estimate of drug-likeness (QED) is 0.784. The highest BCUT2D eigenvalue weighted by molar-refractivity contribution is 7.98. The summed E-state index contributed by atoms with van der Waals surface area (Å²) in [4.78, 5) is 15.6. The number of pyridine rings is 1. The number of carbonyl (C=O) groups is 1. The lowest BCUT2D eigenvalue weighted by Gasteiger charge is -2.20. The van der Waals surface area contributed by atoms with Gasteiger partial charge in [-0.05, 0) is 26.8 Å². The molecule has 118 valence electrons. The Balaban J connectivity index is 2.31. The molecule has 0 aliphatic rings. The molecule has 0 aromatic carbocycles. The lowest BCUT2D eigenvalue weighted by Crippen LogP contribution is -2.40. The van der Waals surface area contributed by atoms with E-state index >= 15 is 0 Å². The molecular formula is C14H20F2N2O2S. The molecule has 0 bridgehead atoms. The van der Waals surface area contributed by atoms with Gasteiger partial charge in [-0.25, -0.2) is 4.98 Å². The van der Waals surface area contributed by atoms with Gasteiger partial charge in [0.15, 0.2) is 0 Å². The van der Waals surface area contributed by atoms with Crippen LogP contribution < -0.4 is 10.1 Å². The van der Waals surface area contributed by atoms with Crippen LogP contribution in [0.1, 0.15) is 32.9 Å². The zero-order valence-corrected chi connectivity index (χ0v) is 13.2. The molecule has 0 aliphatic carbocycles. The molecule has 4 nitrogen and oxygen atoms in total. The fraction of sp³-hybridized carbons (Fsp3) is 0.571. The van der Waals surface area contributed by atoms with Crippen molar-refractivity contribution in [3.05, 3.63) is 23.9 Å². The largest absolute Gasteiger partial charge is 0.417 e. The molecule has 0 aliphatic heterocycles. The summed E-state index contributed by atoms with van der Waals surface area (Å²) < 4.78 is 28.4. The number of amides is 1. The summed E-state index contributed by atoms with van der Waals surface area (Å²) in [7, 11) is 0. The summed E-state index contributed by atoms with van der Waals surface area (Å²) in [5.74, 6) is 1.10. The molecule has 0 saturated heterocycles. The van der Waals surface area contributed by atoms with Gasteiger partial charge in [-0.2, -0.15) is 20.5 Å². The predicted octanol–water partition coefficient (Wildman–Crippen LogP) is 3.22. The van der Waals surface area contributed by atoms with E-state index in [9.17, 15) is 13.6 Å². The highest BCUT2D eigenvalue weighted by Gasteiger charge is 2.13. The number of thioether (sulfide) groups is 1. The summed E-state index contributed by atoms with van der Waals surface area (Å²) >= 11 is 1.52. The Morgan fingerprint density at radius 2 is 2.14 bits per heavy atom. The third kappa shape index (κ3) is 8.49. The van der Waals surface area contributed by atoms with Crippen molar-refractivity contribution in [1.29, 1.82) is 0 Å². The topological polar surface area (TPSA) is 51.2 Å². The summed E-state index contributed by atoms with van der Waals surface area (Å²) in [5.41, 5.74) is 0.416. The van der Waals surface area contributed by atoms with Gasteiger partial charge in [0.05, 0.1) is 5.69 Å². The molecule has 1 aromatic heterocycles. The van der Waals surface area contributed by atoms with Gasteiger partial charge in [0.2, 0.25) is 11.8 Å². The molecule has 1 aromatic rings. The fourth-order valence-electron chi connectivity index (χ4n) is 1.52. The van der Waals surface area contributed by atoms with Crippen molar-refractivity contribution >= 4 is 17.7 Å². The van der Waals surface area contributed by atoms with Crippen LogP contribution in [0.15, 0.2) is 18.2 Å². The highest BCUT2D eigenvalue weighted by Crippen LogP contribution is 2.16. The number of hydrogen-bond acceptors (Lipinski definition) is 4. The van der Waals surface area contributed by atoms with E-state index in [1.165, 1.54) is 17.8 Å². The number of ether oxygens (including phenoxy) is 1. The van der Waals surface area contributed by atoms with E-state index in [4.69, 9.17) is 0 Å². The van der Waals surface area contributed by atoms with Gasteiger partial charge in [-0.1, -0.05) is 6.07 Å². The van der Waals surface area contributed by atoms with Crippen molar-refractivity contribution in [2.75, 3.05) is 5.75 Å². The molecule has 7 heteroatoms. The number of halogens is 2. The number of rotatable bonds is 7. The fourth-order valence-corrected chi connectivity index (χ4v) is 2.36. The molecule has 0 radical (unpaired) electrons. The lowest BCUT2D eigenvalue weighted by atomic mass is 10.1. The van der Waals surface area contributed by atoms with Crippen LogP contribution in [0.5, 0.6) is 5.88 Å². The number of carbonyl (C=O) groups excluding carboxylic acids is 1. The maximum absolute atomic E-state index is 12.1. The highest BCUT2D eigenvalue weighted by atomic mass is 32.2. The second-order valence-electron chi connectivity index (χ2n) is 5.45. The number of alkyl halides is 2. The normalized spacial score (nSPS) is 11.5. The Morgan fingerprint density at radius 3 is 2.76 bits per heavy atom. The van der Waals surface area contributed by atoms with Gasteiger partial charge in [0, 0.05) is 29.5 Å². The first-order chi connectivity index (χ1) is 9.76. The maximum Gasteiger partial charge on any atom is 0.388 e. The van der Waals surface area contributed by atoms with E-state index < -0.39 is 6.61 Å². The van der Waals surface area contributed by atoms with Gasteiger partial charge < -0.3 is 10.1 Å². The molecule has 0 fully saturated rings. The van der Waals surface area contributed by atoms with Crippen LogP contribution in [-0.4, -0.2) is 28.8 Å². The Kier molecular flexibility index (Phi) is 6.87. The Bertz CT molecular complexity index is 465. The molecule has 1 N–H and O–H groups in total. The maximum atomic E-state index is 12.1. The van der Waals surface area contributed by atoms with Crippen LogP contribution in [-0.2, 0) is 10.5 Å². The van der Waals surface area contributed by atoms with E-state index in [1.807, 2.05) is 20.8 Å². The van der Waals surface area contributed by atoms with Crippen molar-refractivity contribution < 1.29 is 18.3 Å². The Labute approximate surface area is 127 Å². The predicted molar refractivity (Wildman–Crippen MR) is 79.5 cm³/mol. The van der Waals surface area contributed by atoms with E-state index in [-0.39, 0.29) is 17.3 Å². The molecule has 0 unspecified atom stereocenters. The minimum Gasteiger partial charge on any atom is -0.417 e. The molecule has 0 atom stereocenters. The van der Waals surface area contributed by atoms with Gasteiger partial charge in [0.25, 0.3) is 0 Å². The first kappa shape index (κ1) is 17.7. The monoisotopic (exact) mass is 318 g/mol. The van der Waals surface area contributed by atoms with Crippen molar-refractivity contribution in [1.82, 2.24) is 10.3 Å². The first-order valence-electron chi connectivity index (χ1n) is 6.56. The summed E-state index contributed by atoms with van der Waals surface area (Å²) in [6.07, 6.45) is 0.412. The van der Waals surface area contributed by atoms with Crippen molar-refractivity contribution in [2.24, 2.45) is 0 Å². The van der Waals surface area contributed by atoms with Crippen molar-refractivity contribution in [2.45, 2.75) is 45.1 Å². The molecule has 21 heavy (non-hydrogen) atoms. The number of hydrogen-bond donors (Lipinski definition) is 1. The molecule has 1 heterocycles. The van der Waals surface area contributed by atoms with Crippen LogP contribution >= 0.6 is 11.8 Å². The van der Waals surface area contributed by atoms with Gasteiger partial charge in [-0.15, -0.1) is 0 Å². The lowest BCUT2D eigenvalue weighted by molar-refractivity contribution is -0.122. The minimum absolute atomic E-state index is 0.00209.